The molecule has 0 fully saturated rings. The summed E-state index contributed by atoms with van der Waals surface area (Å²) in [4.78, 5) is 13.8. The summed E-state index contributed by atoms with van der Waals surface area (Å²) in [5.41, 5.74) is 4.24. The number of nitrogens with one attached hydrogen (secondary N) is 2. The lowest BCUT2D eigenvalue weighted by molar-refractivity contribution is 0.0978. The van der Waals surface area contributed by atoms with Gasteiger partial charge in [-0.25, -0.2) is 19.0 Å². The topological polar surface area (TPSA) is 99.0 Å². The number of benzene rings is 2. The molecule has 0 saturated carbocycles. The van der Waals surface area contributed by atoms with Crippen molar-refractivity contribution in [2.45, 2.75) is 26.4 Å². The Kier molecular flexibility index (Phi) is 6.28. The van der Waals surface area contributed by atoms with Crippen LogP contribution in [-0.2, 0) is 11.3 Å². The smallest absolute Gasteiger partial charge is 0.229 e. The molecule has 2 N–H and O–H groups in total. The average molecular weight is 476 g/mol. The van der Waals surface area contributed by atoms with Gasteiger partial charge in [0.25, 0.3) is 0 Å². The second-order valence-electron chi connectivity index (χ2n) is 8.16. The van der Waals surface area contributed by atoms with E-state index in [4.69, 9.17) is 19.4 Å². The van der Waals surface area contributed by atoms with Crippen molar-refractivity contribution >= 4 is 17.5 Å². The van der Waals surface area contributed by atoms with Crippen molar-refractivity contribution in [3.63, 3.8) is 0 Å². The fourth-order valence-corrected chi connectivity index (χ4v) is 4.14. The summed E-state index contributed by atoms with van der Waals surface area (Å²) in [6, 6.07) is 12.1. The summed E-state index contributed by atoms with van der Waals surface area (Å²) >= 11 is 0. The number of aryl methyl sites for hydroxylation is 1. The van der Waals surface area contributed by atoms with Crippen LogP contribution in [0.1, 0.15) is 35.5 Å². The first-order valence-corrected chi connectivity index (χ1v) is 11.4. The number of halogens is 1. The van der Waals surface area contributed by atoms with Crippen molar-refractivity contribution in [3.05, 3.63) is 77.3 Å². The Bertz CT molecular complexity index is 1340. The van der Waals surface area contributed by atoms with Crippen LogP contribution < -0.4 is 15.4 Å². The van der Waals surface area contributed by atoms with E-state index in [9.17, 15) is 4.39 Å². The summed E-state index contributed by atoms with van der Waals surface area (Å²) in [5.74, 6) is 2.05. The van der Waals surface area contributed by atoms with Gasteiger partial charge in [-0.1, -0.05) is 12.1 Å². The highest BCUT2D eigenvalue weighted by atomic mass is 19.1. The van der Waals surface area contributed by atoms with E-state index in [-0.39, 0.29) is 11.7 Å². The maximum atomic E-state index is 13.5. The summed E-state index contributed by atoms with van der Waals surface area (Å²) < 4.78 is 26.7. The quantitative estimate of drug-likeness (QED) is 0.407. The maximum absolute atomic E-state index is 13.5. The first-order chi connectivity index (χ1) is 17.1. The third-order valence-electron chi connectivity index (χ3n) is 5.81. The van der Waals surface area contributed by atoms with Crippen LogP contribution in [0.15, 0.2) is 48.8 Å². The highest BCUT2D eigenvalue weighted by molar-refractivity contribution is 5.63. The third-order valence-corrected chi connectivity index (χ3v) is 5.81. The number of nitrogens with zero attached hydrogens (tertiary/aromatic N) is 5. The van der Waals surface area contributed by atoms with Gasteiger partial charge in [0.15, 0.2) is 0 Å². The second-order valence-corrected chi connectivity index (χ2v) is 8.16. The summed E-state index contributed by atoms with van der Waals surface area (Å²) in [6.07, 6.45) is 1.65. The first kappa shape index (κ1) is 22.7. The van der Waals surface area contributed by atoms with Crippen molar-refractivity contribution < 1.29 is 13.9 Å². The molecule has 4 aromatic rings. The SMILES string of the molecule is CCNc1nc(Nc2ccc(-n3cnc(C)n3)c(OC)c2)nc2c1COCC2c1ccc(F)cc1. The van der Waals surface area contributed by atoms with Crippen molar-refractivity contribution in [3.8, 4) is 11.4 Å². The zero-order valence-corrected chi connectivity index (χ0v) is 19.7. The minimum Gasteiger partial charge on any atom is -0.494 e. The van der Waals surface area contributed by atoms with Crippen LogP contribution >= 0.6 is 0 Å². The number of rotatable bonds is 7. The lowest BCUT2D eigenvalue weighted by Crippen LogP contribution is -2.23. The molecule has 0 bridgehead atoms. The molecule has 1 atom stereocenters. The number of hydrogen-bond donors (Lipinski definition) is 2. The molecule has 2 aromatic heterocycles. The van der Waals surface area contributed by atoms with Gasteiger partial charge in [0.1, 0.15) is 35.2 Å². The first-order valence-electron chi connectivity index (χ1n) is 11.4. The van der Waals surface area contributed by atoms with Crippen LogP contribution in [0.4, 0.5) is 21.8 Å². The summed E-state index contributed by atoms with van der Waals surface area (Å²) in [6.45, 7) is 5.41. The van der Waals surface area contributed by atoms with Crippen molar-refractivity contribution in [2.75, 3.05) is 30.9 Å². The van der Waals surface area contributed by atoms with E-state index in [1.165, 1.54) is 12.1 Å². The number of fused-ring (bicyclic) bond motifs is 1. The monoisotopic (exact) mass is 475 g/mol. The molecule has 3 heterocycles. The molecule has 2 aromatic carbocycles. The minimum absolute atomic E-state index is 0.132. The predicted octanol–water partition coefficient (Wildman–Crippen LogP) is 4.35. The summed E-state index contributed by atoms with van der Waals surface area (Å²) in [7, 11) is 1.61. The molecule has 35 heavy (non-hydrogen) atoms. The van der Waals surface area contributed by atoms with Crippen LogP contribution in [0.5, 0.6) is 5.75 Å². The van der Waals surface area contributed by atoms with E-state index in [0.29, 0.717) is 43.1 Å². The average Bonchev–Trinajstić information content (AvgIpc) is 3.30. The standard InChI is InChI=1S/C25H26FN7O2/c1-4-27-24-20-13-35-12-19(16-5-7-17(26)8-6-16)23(20)30-25(31-24)29-18-9-10-21(22(11-18)34-3)33-14-28-15(2)32-33/h5-11,14,19H,4,12-13H2,1-3H3,(H2,27,29,30,31). The summed E-state index contributed by atoms with van der Waals surface area (Å²) in [5, 5.41) is 11.0. The van der Waals surface area contributed by atoms with Gasteiger partial charge < -0.3 is 20.1 Å². The lowest BCUT2D eigenvalue weighted by atomic mass is 9.91. The largest absolute Gasteiger partial charge is 0.494 e. The van der Waals surface area contributed by atoms with E-state index in [1.807, 2.05) is 32.0 Å². The molecule has 1 aliphatic heterocycles. The molecule has 0 saturated heterocycles. The zero-order valence-electron chi connectivity index (χ0n) is 19.7. The zero-order chi connectivity index (χ0) is 24.4. The van der Waals surface area contributed by atoms with Gasteiger partial charge in [-0.3, -0.25) is 0 Å². The highest BCUT2D eigenvalue weighted by Gasteiger charge is 2.28. The Balaban J connectivity index is 1.51. The number of ether oxygens (including phenoxy) is 2. The van der Waals surface area contributed by atoms with Gasteiger partial charge in [-0.15, -0.1) is 0 Å². The Morgan fingerprint density at radius 3 is 2.71 bits per heavy atom. The molecule has 5 rings (SSSR count). The lowest BCUT2D eigenvalue weighted by Gasteiger charge is -2.27. The van der Waals surface area contributed by atoms with Crippen molar-refractivity contribution in [1.82, 2.24) is 24.7 Å². The van der Waals surface area contributed by atoms with Crippen LogP contribution in [0.25, 0.3) is 5.69 Å². The van der Waals surface area contributed by atoms with Gasteiger partial charge >= 0.3 is 0 Å². The Labute approximate surface area is 202 Å². The number of anilines is 3. The molecule has 10 heteroatoms. The number of aromatic nitrogens is 5. The molecule has 9 nitrogen and oxygen atoms in total. The van der Waals surface area contributed by atoms with E-state index in [0.717, 1.165) is 28.2 Å². The molecule has 1 aliphatic rings. The molecular weight excluding hydrogens is 449 g/mol. The maximum Gasteiger partial charge on any atom is 0.229 e. The van der Waals surface area contributed by atoms with E-state index < -0.39 is 0 Å². The Morgan fingerprint density at radius 1 is 1.17 bits per heavy atom. The number of methoxy groups -OCH3 is 1. The van der Waals surface area contributed by atoms with E-state index in [2.05, 4.69) is 20.7 Å². The van der Waals surface area contributed by atoms with Crippen molar-refractivity contribution in [1.29, 1.82) is 0 Å². The third kappa shape index (κ3) is 4.65. The molecule has 1 unspecified atom stereocenters. The second kappa shape index (κ2) is 9.67. The molecule has 180 valence electrons. The fraction of sp³-hybridized carbons (Fsp3) is 0.280. The normalized spacial score (nSPS) is 14.9. The molecule has 0 amide bonds. The molecule has 0 spiro atoms. The Morgan fingerprint density at radius 2 is 2.00 bits per heavy atom. The van der Waals surface area contributed by atoms with Gasteiger partial charge in [0.05, 0.1) is 31.9 Å². The van der Waals surface area contributed by atoms with Crippen LogP contribution in [0.3, 0.4) is 0 Å². The minimum atomic E-state index is -0.275. The van der Waals surface area contributed by atoms with Gasteiger partial charge in [0.2, 0.25) is 5.95 Å². The molecular formula is C25H26FN7O2. The van der Waals surface area contributed by atoms with E-state index >= 15 is 0 Å². The fourth-order valence-electron chi connectivity index (χ4n) is 4.14. The van der Waals surface area contributed by atoms with Crippen LogP contribution in [0.2, 0.25) is 0 Å². The molecule has 0 radical (unpaired) electrons. The number of hydrogen-bond acceptors (Lipinski definition) is 8. The van der Waals surface area contributed by atoms with Crippen LogP contribution in [0, 0.1) is 12.7 Å². The Hall–Kier alpha value is -4.05. The van der Waals surface area contributed by atoms with Gasteiger partial charge in [-0.05, 0) is 43.7 Å². The predicted molar refractivity (Wildman–Crippen MR) is 130 cm³/mol. The van der Waals surface area contributed by atoms with Gasteiger partial charge in [-0.2, -0.15) is 10.1 Å². The van der Waals surface area contributed by atoms with Crippen LogP contribution in [-0.4, -0.2) is 45.0 Å². The van der Waals surface area contributed by atoms with Gasteiger partial charge in [0, 0.05) is 23.9 Å². The molecule has 0 aliphatic carbocycles. The highest BCUT2D eigenvalue weighted by Crippen LogP contribution is 2.35. The van der Waals surface area contributed by atoms with E-state index in [1.54, 1.807) is 30.3 Å². The van der Waals surface area contributed by atoms with Crippen molar-refractivity contribution in [2.24, 2.45) is 0 Å².